The van der Waals surface area contributed by atoms with E-state index in [0.29, 0.717) is 27.6 Å². The van der Waals surface area contributed by atoms with Gasteiger partial charge in [0, 0.05) is 65.8 Å². The summed E-state index contributed by atoms with van der Waals surface area (Å²) in [5.74, 6) is -0.382. The van der Waals surface area contributed by atoms with Crippen molar-refractivity contribution in [2.75, 3.05) is 42.8 Å². The highest BCUT2D eigenvalue weighted by Gasteiger charge is 2.18. The minimum atomic E-state index is -3.93. The molecule has 0 unspecified atom stereocenters. The highest BCUT2D eigenvalue weighted by Crippen LogP contribution is 2.29. The predicted octanol–water partition coefficient (Wildman–Crippen LogP) is 5.28. The van der Waals surface area contributed by atoms with Gasteiger partial charge in [-0.3, -0.25) is 14.5 Å². The molecule has 0 bridgehead atoms. The van der Waals surface area contributed by atoms with Gasteiger partial charge in [-0.1, -0.05) is 24.3 Å². The summed E-state index contributed by atoms with van der Waals surface area (Å²) in [6.45, 7) is 4.03. The van der Waals surface area contributed by atoms with E-state index in [9.17, 15) is 18.3 Å². The first-order valence-electron chi connectivity index (χ1n) is 14.3. The first-order chi connectivity index (χ1) is 21.7. The number of nitriles is 1. The lowest BCUT2D eigenvalue weighted by molar-refractivity contribution is 0.103. The third-order valence-corrected chi connectivity index (χ3v) is 9.21. The van der Waals surface area contributed by atoms with Crippen molar-refractivity contribution in [3.63, 3.8) is 0 Å². The van der Waals surface area contributed by atoms with Gasteiger partial charge < -0.3 is 19.9 Å². The number of sulfonamides is 1. The van der Waals surface area contributed by atoms with Gasteiger partial charge in [0.05, 0.1) is 27.8 Å². The van der Waals surface area contributed by atoms with Gasteiger partial charge in [-0.2, -0.15) is 5.26 Å². The maximum atomic E-state index is 13.4. The van der Waals surface area contributed by atoms with Crippen molar-refractivity contribution in [3.8, 4) is 11.9 Å². The van der Waals surface area contributed by atoms with Crippen molar-refractivity contribution >= 4 is 50.0 Å². The number of piperazine rings is 1. The Balaban J connectivity index is 1.18. The van der Waals surface area contributed by atoms with Crippen LogP contribution in [0.3, 0.4) is 0 Å². The fourth-order valence-electron chi connectivity index (χ4n) is 5.24. The summed E-state index contributed by atoms with van der Waals surface area (Å²) in [6.07, 6.45) is 1.60. The first kappa shape index (κ1) is 29.6. The molecule has 4 aromatic carbocycles. The molecule has 11 heteroatoms. The summed E-state index contributed by atoms with van der Waals surface area (Å²) < 4.78 is 28.2. The third-order valence-electron chi connectivity index (χ3n) is 7.81. The normalized spacial score (nSPS) is 14.1. The number of aromatic amines is 1. The largest absolute Gasteiger partial charge is 0.494 e. The molecule has 10 nitrogen and oxygen atoms in total. The van der Waals surface area contributed by atoms with Gasteiger partial charge in [0.2, 0.25) is 0 Å². The summed E-state index contributed by atoms with van der Waals surface area (Å²) >= 11 is 0. The zero-order valence-electron chi connectivity index (χ0n) is 24.4. The van der Waals surface area contributed by atoms with Crippen molar-refractivity contribution in [2.45, 2.75) is 4.90 Å². The second kappa shape index (κ2) is 12.3. The van der Waals surface area contributed by atoms with Crippen molar-refractivity contribution in [1.29, 1.82) is 5.26 Å². The number of H-pyrrole nitrogens is 1. The minimum absolute atomic E-state index is 0.00255. The van der Waals surface area contributed by atoms with E-state index in [1.54, 1.807) is 42.6 Å². The van der Waals surface area contributed by atoms with E-state index in [2.05, 4.69) is 43.7 Å². The number of anilines is 2. The Morgan fingerprint density at radius 1 is 0.956 bits per heavy atom. The molecule has 226 valence electrons. The van der Waals surface area contributed by atoms with Crippen LogP contribution in [0.25, 0.3) is 10.9 Å². The maximum Gasteiger partial charge on any atom is 0.261 e. The average molecular weight is 619 g/mol. The number of hydrogen-bond donors (Lipinski definition) is 3. The molecule has 1 saturated heterocycles. The minimum Gasteiger partial charge on any atom is -0.494 e. The number of benzene rings is 4. The van der Waals surface area contributed by atoms with Crippen molar-refractivity contribution in [1.82, 2.24) is 9.88 Å². The molecule has 2 heterocycles. The summed E-state index contributed by atoms with van der Waals surface area (Å²) in [5.41, 5.74) is 4.19. The van der Waals surface area contributed by atoms with Crippen molar-refractivity contribution < 1.29 is 18.3 Å². The first-order valence-corrected chi connectivity index (χ1v) is 15.8. The molecule has 0 saturated carbocycles. The smallest absolute Gasteiger partial charge is 0.261 e. The van der Waals surface area contributed by atoms with Crippen LogP contribution in [0.1, 0.15) is 27.0 Å². The summed E-state index contributed by atoms with van der Waals surface area (Å²) in [7, 11) is -1.80. The Morgan fingerprint density at radius 3 is 2.38 bits per heavy atom. The number of ketones is 1. The molecule has 0 aliphatic carbocycles. The van der Waals surface area contributed by atoms with Crippen molar-refractivity contribution in [3.05, 3.63) is 113 Å². The van der Waals surface area contributed by atoms with E-state index in [4.69, 9.17) is 5.26 Å². The fraction of sp³-hybridized carbons (Fsp3) is 0.147. The number of aromatic hydroxyl groups is 1. The standard InChI is InChI=1S/C34H30N6O4S/c1-39-15-17-40(18-16-39)28-10-8-26(9-11-28)36-22-31-30-14-7-25(20-32(30)37-34(31)42)33(41)24-3-2-4-27(19-24)38-45(43,44)29-12-5-23(21-35)6-13-29/h2-14,19-20,22,37-38,42H,15-18H2,1H3. The number of carbonyl (C=O) groups is 1. The topological polar surface area (TPSA) is 142 Å². The second-order valence-electron chi connectivity index (χ2n) is 10.9. The highest BCUT2D eigenvalue weighted by molar-refractivity contribution is 7.92. The molecule has 3 N–H and O–H groups in total. The molecular formula is C34H30N6O4S. The van der Waals surface area contributed by atoms with Crippen LogP contribution < -0.4 is 9.62 Å². The lowest BCUT2D eigenvalue weighted by Crippen LogP contribution is -2.44. The summed E-state index contributed by atoms with van der Waals surface area (Å²) in [5, 5.41) is 20.3. The van der Waals surface area contributed by atoms with Crippen LogP contribution in [-0.2, 0) is 10.0 Å². The molecule has 0 atom stereocenters. The van der Waals surface area contributed by atoms with Gasteiger partial charge >= 0.3 is 0 Å². The quantitative estimate of drug-likeness (QED) is 0.159. The van der Waals surface area contributed by atoms with Gasteiger partial charge in [-0.25, -0.2) is 8.42 Å². The molecule has 1 aliphatic heterocycles. The van der Waals surface area contributed by atoms with Crippen LogP contribution in [0.4, 0.5) is 17.1 Å². The van der Waals surface area contributed by atoms with E-state index in [-0.39, 0.29) is 27.8 Å². The molecule has 1 aliphatic rings. The Morgan fingerprint density at radius 2 is 1.67 bits per heavy atom. The molecule has 1 aromatic heterocycles. The molecule has 1 fully saturated rings. The zero-order valence-corrected chi connectivity index (χ0v) is 25.3. The van der Waals surface area contributed by atoms with Crippen LogP contribution in [0.15, 0.2) is 101 Å². The molecule has 6 rings (SSSR count). The van der Waals surface area contributed by atoms with Gasteiger partial charge in [0.1, 0.15) is 0 Å². The van der Waals surface area contributed by atoms with Crippen LogP contribution in [0, 0.1) is 11.3 Å². The fourth-order valence-corrected chi connectivity index (χ4v) is 6.29. The number of aliphatic imine (C=N–C) groups is 1. The zero-order chi connectivity index (χ0) is 31.6. The van der Waals surface area contributed by atoms with E-state index < -0.39 is 10.0 Å². The van der Waals surface area contributed by atoms with Crippen LogP contribution in [-0.4, -0.2) is 68.6 Å². The van der Waals surface area contributed by atoms with E-state index in [1.165, 1.54) is 30.3 Å². The molecule has 0 radical (unpaired) electrons. The van der Waals surface area contributed by atoms with Gasteiger partial charge in [0.25, 0.3) is 10.0 Å². The highest BCUT2D eigenvalue weighted by atomic mass is 32.2. The number of hydrogen-bond acceptors (Lipinski definition) is 8. The Labute approximate surface area is 260 Å². The average Bonchev–Trinajstić information content (AvgIpc) is 3.37. The second-order valence-corrected chi connectivity index (χ2v) is 12.5. The van der Waals surface area contributed by atoms with Crippen molar-refractivity contribution in [2.24, 2.45) is 4.99 Å². The van der Waals surface area contributed by atoms with Crippen LogP contribution >= 0.6 is 0 Å². The van der Waals surface area contributed by atoms with E-state index in [1.807, 2.05) is 18.2 Å². The molecule has 5 aromatic rings. The lowest BCUT2D eigenvalue weighted by Gasteiger charge is -2.34. The van der Waals surface area contributed by atoms with E-state index >= 15 is 0 Å². The number of likely N-dealkylation sites (N-methyl/N-ethyl adjacent to an activating group) is 1. The maximum absolute atomic E-state index is 13.4. The lowest BCUT2D eigenvalue weighted by atomic mass is 10.0. The SMILES string of the molecule is CN1CCN(c2ccc(N=Cc3c(O)[nH]c4cc(C(=O)c5cccc(NS(=O)(=O)c6ccc(C#N)cc6)c5)ccc34)cc2)CC1. The summed E-state index contributed by atoms with van der Waals surface area (Å²) in [6, 6.07) is 26.8. The van der Waals surface area contributed by atoms with Gasteiger partial charge in [0.15, 0.2) is 11.7 Å². The number of aromatic nitrogens is 1. The van der Waals surface area contributed by atoms with Gasteiger partial charge in [-0.15, -0.1) is 0 Å². The van der Waals surface area contributed by atoms with Gasteiger partial charge in [-0.05, 0) is 73.8 Å². The molecule has 0 amide bonds. The molecule has 0 spiro atoms. The Bertz CT molecular complexity index is 2060. The monoisotopic (exact) mass is 618 g/mol. The van der Waals surface area contributed by atoms with Crippen LogP contribution in [0.5, 0.6) is 5.88 Å². The Hall–Kier alpha value is -5.44. The van der Waals surface area contributed by atoms with E-state index in [0.717, 1.165) is 37.6 Å². The molecule has 45 heavy (non-hydrogen) atoms. The van der Waals surface area contributed by atoms with Crippen LogP contribution in [0.2, 0.25) is 0 Å². The number of fused-ring (bicyclic) bond motifs is 1. The number of nitrogens with zero attached hydrogens (tertiary/aromatic N) is 4. The third kappa shape index (κ3) is 6.43. The molecular weight excluding hydrogens is 588 g/mol. The summed E-state index contributed by atoms with van der Waals surface area (Å²) in [4.78, 5) is 25.5. The number of rotatable bonds is 8. The number of nitrogens with one attached hydrogen (secondary N) is 2. The predicted molar refractivity (Wildman–Crippen MR) is 175 cm³/mol. The Kier molecular flexibility index (Phi) is 8.08. The number of carbonyl (C=O) groups excluding carboxylic acids is 1.